The van der Waals surface area contributed by atoms with Crippen molar-refractivity contribution in [3.63, 3.8) is 0 Å². The standard InChI is InChI=1S/C11H24N2/c1-5-7-12-8-10-13(4)9-6-11(2)3/h5,11-12H,1,6-10H2,2-4H3. The van der Waals surface area contributed by atoms with Gasteiger partial charge < -0.3 is 10.2 Å². The van der Waals surface area contributed by atoms with Crippen LogP contribution in [0.1, 0.15) is 20.3 Å². The van der Waals surface area contributed by atoms with Gasteiger partial charge in [0.15, 0.2) is 0 Å². The van der Waals surface area contributed by atoms with Gasteiger partial charge in [-0.25, -0.2) is 0 Å². The smallest absolute Gasteiger partial charge is 0.0132 e. The third-order valence-electron chi connectivity index (χ3n) is 2.05. The van der Waals surface area contributed by atoms with Gasteiger partial charge >= 0.3 is 0 Å². The van der Waals surface area contributed by atoms with E-state index in [1.54, 1.807) is 0 Å². The molecule has 0 aromatic carbocycles. The highest BCUT2D eigenvalue weighted by molar-refractivity contribution is 4.69. The topological polar surface area (TPSA) is 15.3 Å². The minimum atomic E-state index is 0.809. The Bertz CT molecular complexity index is 121. The van der Waals surface area contributed by atoms with Crippen LogP contribution in [0, 0.1) is 5.92 Å². The molecule has 0 aromatic rings. The molecular formula is C11H24N2. The lowest BCUT2D eigenvalue weighted by atomic mass is 10.1. The zero-order valence-electron chi connectivity index (χ0n) is 9.34. The van der Waals surface area contributed by atoms with E-state index in [4.69, 9.17) is 0 Å². The second-order valence-corrected chi connectivity index (χ2v) is 3.98. The van der Waals surface area contributed by atoms with E-state index in [0.29, 0.717) is 0 Å². The molecule has 0 bridgehead atoms. The SMILES string of the molecule is C=CCNCCN(C)CCC(C)C. The molecule has 0 saturated heterocycles. The first-order chi connectivity index (χ1) is 6.16. The van der Waals surface area contributed by atoms with Gasteiger partial charge in [-0.15, -0.1) is 6.58 Å². The van der Waals surface area contributed by atoms with Crippen LogP contribution >= 0.6 is 0 Å². The summed E-state index contributed by atoms with van der Waals surface area (Å²) in [6, 6.07) is 0. The monoisotopic (exact) mass is 184 g/mol. The van der Waals surface area contributed by atoms with Crippen LogP contribution in [0.5, 0.6) is 0 Å². The fourth-order valence-electron chi connectivity index (χ4n) is 1.06. The lowest BCUT2D eigenvalue weighted by molar-refractivity contribution is 0.310. The van der Waals surface area contributed by atoms with Crippen molar-refractivity contribution in [1.82, 2.24) is 10.2 Å². The van der Waals surface area contributed by atoms with E-state index in [1.807, 2.05) is 6.08 Å². The fraction of sp³-hybridized carbons (Fsp3) is 0.818. The van der Waals surface area contributed by atoms with Gasteiger partial charge in [0.25, 0.3) is 0 Å². The second-order valence-electron chi connectivity index (χ2n) is 3.98. The Morgan fingerprint density at radius 2 is 2.08 bits per heavy atom. The number of likely N-dealkylation sites (N-methyl/N-ethyl adjacent to an activating group) is 1. The average molecular weight is 184 g/mol. The molecule has 0 amide bonds. The first-order valence-corrected chi connectivity index (χ1v) is 5.17. The van der Waals surface area contributed by atoms with Crippen molar-refractivity contribution in [3.05, 3.63) is 12.7 Å². The summed E-state index contributed by atoms with van der Waals surface area (Å²) >= 11 is 0. The van der Waals surface area contributed by atoms with E-state index in [0.717, 1.165) is 25.6 Å². The molecule has 1 N–H and O–H groups in total. The Kier molecular flexibility index (Phi) is 8.05. The molecule has 0 atom stereocenters. The van der Waals surface area contributed by atoms with Crippen molar-refractivity contribution >= 4 is 0 Å². The molecule has 0 unspecified atom stereocenters. The van der Waals surface area contributed by atoms with Crippen LogP contribution in [-0.2, 0) is 0 Å². The first-order valence-electron chi connectivity index (χ1n) is 5.17. The van der Waals surface area contributed by atoms with Gasteiger partial charge in [0.2, 0.25) is 0 Å². The van der Waals surface area contributed by atoms with Crippen molar-refractivity contribution in [2.45, 2.75) is 20.3 Å². The van der Waals surface area contributed by atoms with Crippen molar-refractivity contribution in [2.24, 2.45) is 5.92 Å². The van der Waals surface area contributed by atoms with Crippen LogP contribution in [0.25, 0.3) is 0 Å². The molecule has 0 fully saturated rings. The molecule has 0 saturated carbocycles. The minimum absolute atomic E-state index is 0.809. The Morgan fingerprint density at radius 3 is 2.62 bits per heavy atom. The third-order valence-corrected chi connectivity index (χ3v) is 2.05. The summed E-state index contributed by atoms with van der Waals surface area (Å²) in [7, 11) is 2.18. The Labute approximate surface area is 83.0 Å². The van der Waals surface area contributed by atoms with Gasteiger partial charge in [-0.05, 0) is 25.9 Å². The highest BCUT2D eigenvalue weighted by atomic mass is 15.1. The van der Waals surface area contributed by atoms with E-state index in [9.17, 15) is 0 Å². The third kappa shape index (κ3) is 9.57. The van der Waals surface area contributed by atoms with Crippen LogP contribution in [0.3, 0.4) is 0 Å². The molecule has 0 rings (SSSR count). The molecule has 78 valence electrons. The van der Waals surface area contributed by atoms with E-state index in [1.165, 1.54) is 13.0 Å². The Balaban J connectivity index is 3.19. The summed E-state index contributed by atoms with van der Waals surface area (Å²) in [5, 5.41) is 3.29. The normalized spacial score (nSPS) is 11.2. The minimum Gasteiger partial charge on any atom is -0.312 e. The summed E-state index contributed by atoms with van der Waals surface area (Å²) in [6.07, 6.45) is 3.19. The molecule has 0 spiro atoms. The fourth-order valence-corrected chi connectivity index (χ4v) is 1.06. The molecule has 0 aromatic heterocycles. The largest absolute Gasteiger partial charge is 0.312 e. The summed E-state index contributed by atoms with van der Waals surface area (Å²) in [5.41, 5.74) is 0. The Morgan fingerprint density at radius 1 is 1.38 bits per heavy atom. The van der Waals surface area contributed by atoms with Crippen molar-refractivity contribution in [1.29, 1.82) is 0 Å². The summed E-state index contributed by atoms with van der Waals surface area (Å²) < 4.78 is 0. The highest BCUT2D eigenvalue weighted by Crippen LogP contribution is 1.99. The number of nitrogens with one attached hydrogen (secondary N) is 1. The van der Waals surface area contributed by atoms with Crippen molar-refractivity contribution < 1.29 is 0 Å². The van der Waals surface area contributed by atoms with E-state index in [2.05, 4.69) is 37.7 Å². The van der Waals surface area contributed by atoms with Crippen LogP contribution in [0.15, 0.2) is 12.7 Å². The van der Waals surface area contributed by atoms with Crippen LogP contribution in [0.2, 0.25) is 0 Å². The molecular weight excluding hydrogens is 160 g/mol. The van der Waals surface area contributed by atoms with Crippen LogP contribution < -0.4 is 5.32 Å². The molecule has 2 heteroatoms. The van der Waals surface area contributed by atoms with E-state index in [-0.39, 0.29) is 0 Å². The van der Waals surface area contributed by atoms with Gasteiger partial charge in [0.1, 0.15) is 0 Å². The highest BCUT2D eigenvalue weighted by Gasteiger charge is 1.99. The predicted octanol–water partition coefficient (Wildman–Crippen LogP) is 1.74. The predicted molar refractivity (Wildman–Crippen MR) is 60.0 cm³/mol. The molecule has 0 aliphatic rings. The van der Waals surface area contributed by atoms with Crippen molar-refractivity contribution in [2.75, 3.05) is 33.2 Å². The molecule has 0 aliphatic carbocycles. The maximum absolute atomic E-state index is 3.66. The van der Waals surface area contributed by atoms with Gasteiger partial charge in [-0.2, -0.15) is 0 Å². The van der Waals surface area contributed by atoms with Gasteiger partial charge in [0, 0.05) is 19.6 Å². The number of nitrogens with zero attached hydrogens (tertiary/aromatic N) is 1. The number of hydrogen-bond donors (Lipinski definition) is 1. The van der Waals surface area contributed by atoms with E-state index >= 15 is 0 Å². The maximum Gasteiger partial charge on any atom is 0.0132 e. The molecule has 0 aliphatic heterocycles. The molecule has 0 heterocycles. The van der Waals surface area contributed by atoms with Crippen LogP contribution in [-0.4, -0.2) is 38.1 Å². The van der Waals surface area contributed by atoms with Crippen LogP contribution in [0.4, 0.5) is 0 Å². The summed E-state index contributed by atoms with van der Waals surface area (Å²) in [5.74, 6) is 0.809. The lowest BCUT2D eigenvalue weighted by Gasteiger charge is -2.17. The Hall–Kier alpha value is -0.340. The summed E-state index contributed by atoms with van der Waals surface area (Å²) in [4.78, 5) is 2.37. The zero-order chi connectivity index (χ0) is 10.1. The lowest BCUT2D eigenvalue weighted by Crippen LogP contribution is -2.30. The maximum atomic E-state index is 3.66. The quantitative estimate of drug-likeness (QED) is 0.456. The summed E-state index contributed by atoms with van der Waals surface area (Å²) in [6.45, 7) is 12.5. The average Bonchev–Trinajstić information content (AvgIpc) is 2.09. The number of rotatable bonds is 8. The van der Waals surface area contributed by atoms with Gasteiger partial charge in [-0.3, -0.25) is 0 Å². The molecule has 2 nitrogen and oxygen atoms in total. The van der Waals surface area contributed by atoms with E-state index < -0.39 is 0 Å². The molecule has 0 radical (unpaired) electrons. The number of hydrogen-bond acceptors (Lipinski definition) is 2. The second kappa shape index (κ2) is 8.27. The van der Waals surface area contributed by atoms with Gasteiger partial charge in [0.05, 0.1) is 0 Å². The zero-order valence-corrected chi connectivity index (χ0v) is 9.34. The molecule has 13 heavy (non-hydrogen) atoms. The van der Waals surface area contributed by atoms with Gasteiger partial charge in [-0.1, -0.05) is 19.9 Å². The van der Waals surface area contributed by atoms with Crippen molar-refractivity contribution in [3.8, 4) is 0 Å². The first kappa shape index (κ1) is 12.7.